The molecule has 0 aromatic heterocycles. The van der Waals surface area contributed by atoms with Gasteiger partial charge in [0.05, 0.1) is 0 Å². The molecule has 0 amide bonds. The fourth-order valence-electron chi connectivity index (χ4n) is 3.74. The normalized spacial score (nSPS) is 25.2. The Bertz CT molecular complexity index is 617. The highest BCUT2D eigenvalue weighted by atomic mass is 14.7. The van der Waals surface area contributed by atoms with Gasteiger partial charge in [-0.25, -0.2) is 0 Å². The van der Waals surface area contributed by atoms with E-state index < -0.39 is 0 Å². The van der Waals surface area contributed by atoms with Gasteiger partial charge < -0.3 is 5.73 Å². The summed E-state index contributed by atoms with van der Waals surface area (Å²) in [4.78, 5) is 0. The van der Waals surface area contributed by atoms with Gasteiger partial charge in [0.25, 0.3) is 0 Å². The van der Waals surface area contributed by atoms with Gasteiger partial charge in [0, 0.05) is 6.04 Å². The number of fused-ring (bicyclic) bond motifs is 1. The van der Waals surface area contributed by atoms with E-state index in [0.717, 1.165) is 0 Å². The summed E-state index contributed by atoms with van der Waals surface area (Å²) < 4.78 is 0. The maximum absolute atomic E-state index is 6.52. The third-order valence-corrected chi connectivity index (χ3v) is 5.04. The van der Waals surface area contributed by atoms with Gasteiger partial charge in [-0.15, -0.1) is 0 Å². The standard InChI is InChI=1S/C19H21N/c20-19(16-10-9-13-7-4-8-15(13)11-16)18-12-17(18)14-5-2-1-3-6-14/h1-3,5-6,9-11,17-19H,4,7-8,12,20H2. The minimum Gasteiger partial charge on any atom is -0.324 e. The number of hydrogen-bond donors (Lipinski definition) is 1. The van der Waals surface area contributed by atoms with Crippen molar-refractivity contribution in [2.45, 2.75) is 37.6 Å². The molecular weight excluding hydrogens is 242 g/mol. The Labute approximate surface area is 120 Å². The zero-order chi connectivity index (χ0) is 13.5. The lowest BCUT2D eigenvalue weighted by atomic mass is 9.96. The van der Waals surface area contributed by atoms with Gasteiger partial charge in [-0.2, -0.15) is 0 Å². The first kappa shape index (κ1) is 12.2. The van der Waals surface area contributed by atoms with Crippen LogP contribution < -0.4 is 5.73 Å². The number of hydrogen-bond acceptors (Lipinski definition) is 1. The summed E-state index contributed by atoms with van der Waals surface area (Å²) in [7, 11) is 0. The van der Waals surface area contributed by atoms with E-state index in [4.69, 9.17) is 5.73 Å². The molecule has 0 saturated heterocycles. The van der Waals surface area contributed by atoms with Crippen LogP contribution in [-0.4, -0.2) is 0 Å². The van der Waals surface area contributed by atoms with E-state index in [9.17, 15) is 0 Å². The highest BCUT2D eigenvalue weighted by Crippen LogP contribution is 2.53. The molecular formula is C19H21N. The molecule has 102 valence electrons. The lowest BCUT2D eigenvalue weighted by Gasteiger charge is -2.14. The van der Waals surface area contributed by atoms with Crippen molar-refractivity contribution in [3.05, 3.63) is 70.8 Å². The van der Waals surface area contributed by atoms with Gasteiger partial charge >= 0.3 is 0 Å². The van der Waals surface area contributed by atoms with Crippen molar-refractivity contribution in [3.63, 3.8) is 0 Å². The second-order valence-electron chi connectivity index (χ2n) is 6.32. The van der Waals surface area contributed by atoms with Crippen LogP contribution in [0.25, 0.3) is 0 Å². The Morgan fingerprint density at radius 1 is 0.950 bits per heavy atom. The largest absolute Gasteiger partial charge is 0.324 e. The summed E-state index contributed by atoms with van der Waals surface area (Å²) >= 11 is 0. The van der Waals surface area contributed by atoms with E-state index in [1.807, 2.05) is 0 Å². The molecule has 1 nitrogen and oxygen atoms in total. The van der Waals surface area contributed by atoms with Gasteiger partial charge in [-0.3, -0.25) is 0 Å². The van der Waals surface area contributed by atoms with E-state index in [0.29, 0.717) is 11.8 Å². The molecule has 4 rings (SSSR count). The lowest BCUT2D eigenvalue weighted by Crippen LogP contribution is -2.13. The molecule has 2 aliphatic carbocycles. The highest BCUT2D eigenvalue weighted by Gasteiger charge is 2.42. The summed E-state index contributed by atoms with van der Waals surface area (Å²) in [6.07, 6.45) is 5.04. The van der Waals surface area contributed by atoms with Crippen molar-refractivity contribution in [1.29, 1.82) is 0 Å². The number of aryl methyl sites for hydroxylation is 2. The van der Waals surface area contributed by atoms with Crippen LogP contribution in [0.2, 0.25) is 0 Å². The summed E-state index contributed by atoms with van der Waals surface area (Å²) in [6.45, 7) is 0. The second kappa shape index (κ2) is 4.75. The molecule has 3 atom stereocenters. The van der Waals surface area contributed by atoms with Crippen LogP contribution in [-0.2, 0) is 12.8 Å². The third-order valence-electron chi connectivity index (χ3n) is 5.04. The number of rotatable bonds is 3. The first-order valence-corrected chi connectivity index (χ1v) is 7.75. The molecule has 3 unspecified atom stereocenters. The molecule has 1 fully saturated rings. The Morgan fingerprint density at radius 2 is 1.75 bits per heavy atom. The molecule has 2 aliphatic rings. The predicted molar refractivity (Wildman–Crippen MR) is 82.7 cm³/mol. The van der Waals surface area contributed by atoms with Crippen molar-refractivity contribution in [3.8, 4) is 0 Å². The van der Waals surface area contributed by atoms with Crippen molar-refractivity contribution in [2.24, 2.45) is 11.7 Å². The molecule has 2 aromatic rings. The van der Waals surface area contributed by atoms with E-state index >= 15 is 0 Å². The Hall–Kier alpha value is -1.60. The molecule has 2 aromatic carbocycles. The van der Waals surface area contributed by atoms with E-state index in [-0.39, 0.29) is 6.04 Å². The average Bonchev–Trinajstić information content (AvgIpc) is 3.17. The van der Waals surface area contributed by atoms with Gasteiger partial charge in [0.15, 0.2) is 0 Å². The second-order valence-corrected chi connectivity index (χ2v) is 6.32. The molecule has 0 aliphatic heterocycles. The van der Waals surface area contributed by atoms with Crippen LogP contribution in [0.4, 0.5) is 0 Å². The van der Waals surface area contributed by atoms with Crippen LogP contribution >= 0.6 is 0 Å². The zero-order valence-electron chi connectivity index (χ0n) is 11.8. The van der Waals surface area contributed by atoms with Gasteiger partial charge in [-0.05, 0) is 59.8 Å². The molecule has 0 spiro atoms. The fraction of sp³-hybridized carbons (Fsp3) is 0.368. The maximum Gasteiger partial charge on any atom is 0.0329 e. The SMILES string of the molecule is NC(c1ccc2c(c1)CCC2)C1CC1c1ccccc1. The quantitative estimate of drug-likeness (QED) is 0.890. The molecule has 1 heteroatoms. The van der Waals surface area contributed by atoms with Crippen molar-refractivity contribution < 1.29 is 0 Å². The minimum absolute atomic E-state index is 0.200. The summed E-state index contributed by atoms with van der Waals surface area (Å²) in [5, 5.41) is 0. The number of benzene rings is 2. The molecule has 0 bridgehead atoms. The smallest absolute Gasteiger partial charge is 0.0329 e. The lowest BCUT2D eigenvalue weighted by molar-refractivity contribution is 0.615. The van der Waals surface area contributed by atoms with Crippen LogP contribution in [0, 0.1) is 5.92 Å². The summed E-state index contributed by atoms with van der Waals surface area (Å²) in [5.41, 5.74) is 12.4. The molecule has 0 heterocycles. The van der Waals surface area contributed by atoms with Crippen LogP contribution in [0.3, 0.4) is 0 Å². The monoisotopic (exact) mass is 263 g/mol. The van der Waals surface area contributed by atoms with Crippen molar-refractivity contribution in [1.82, 2.24) is 0 Å². The topological polar surface area (TPSA) is 26.0 Å². The molecule has 1 saturated carbocycles. The number of nitrogens with two attached hydrogens (primary N) is 1. The maximum atomic E-state index is 6.52. The highest BCUT2D eigenvalue weighted by molar-refractivity contribution is 5.38. The van der Waals surface area contributed by atoms with Gasteiger partial charge in [0.1, 0.15) is 0 Å². The fourth-order valence-corrected chi connectivity index (χ4v) is 3.74. The van der Waals surface area contributed by atoms with E-state index in [2.05, 4.69) is 48.5 Å². The van der Waals surface area contributed by atoms with Crippen LogP contribution in [0.1, 0.15) is 47.1 Å². The van der Waals surface area contributed by atoms with Gasteiger partial charge in [-0.1, -0.05) is 48.5 Å². The Kier molecular flexibility index (Phi) is 2.89. The van der Waals surface area contributed by atoms with E-state index in [1.54, 1.807) is 0 Å². The first-order valence-electron chi connectivity index (χ1n) is 7.75. The average molecular weight is 263 g/mol. The van der Waals surface area contributed by atoms with Crippen LogP contribution in [0.15, 0.2) is 48.5 Å². The molecule has 2 N–H and O–H groups in total. The summed E-state index contributed by atoms with van der Waals surface area (Å²) in [6, 6.07) is 17.9. The van der Waals surface area contributed by atoms with E-state index in [1.165, 1.54) is 47.9 Å². The molecule has 20 heavy (non-hydrogen) atoms. The molecule has 0 radical (unpaired) electrons. The minimum atomic E-state index is 0.200. The zero-order valence-corrected chi connectivity index (χ0v) is 11.8. The predicted octanol–water partition coefficient (Wildman–Crippen LogP) is 3.98. The first-order chi connectivity index (χ1) is 9.83. The Morgan fingerprint density at radius 3 is 2.60 bits per heavy atom. The van der Waals surface area contributed by atoms with Crippen molar-refractivity contribution >= 4 is 0 Å². The third kappa shape index (κ3) is 2.06. The Balaban J connectivity index is 1.53. The van der Waals surface area contributed by atoms with Crippen LogP contribution in [0.5, 0.6) is 0 Å². The van der Waals surface area contributed by atoms with Crippen molar-refractivity contribution in [2.75, 3.05) is 0 Å². The summed E-state index contributed by atoms with van der Waals surface area (Å²) in [5.74, 6) is 1.29. The van der Waals surface area contributed by atoms with Gasteiger partial charge in [0.2, 0.25) is 0 Å².